The van der Waals surface area contributed by atoms with Crippen molar-refractivity contribution < 1.29 is 0 Å². The predicted octanol–water partition coefficient (Wildman–Crippen LogP) is 2.04. The van der Waals surface area contributed by atoms with Gasteiger partial charge in [0.2, 0.25) is 0 Å². The van der Waals surface area contributed by atoms with Crippen LogP contribution < -0.4 is 5.32 Å². The highest BCUT2D eigenvalue weighted by molar-refractivity contribution is 5.34. The average Bonchev–Trinajstić information content (AvgIpc) is 2.37. The van der Waals surface area contributed by atoms with Gasteiger partial charge in [-0.15, -0.1) is 0 Å². The zero-order valence-corrected chi connectivity index (χ0v) is 12.6. The van der Waals surface area contributed by atoms with Crippen molar-refractivity contribution in [3.05, 3.63) is 23.9 Å². The maximum absolute atomic E-state index is 4.66. The Balaban J connectivity index is 1.99. The SMILES string of the molecule is CCNc1cccc(CN2CC(C)N(C)C(C)C2)n1. The summed E-state index contributed by atoms with van der Waals surface area (Å²) in [4.78, 5) is 9.62. The van der Waals surface area contributed by atoms with E-state index in [1.807, 2.05) is 6.07 Å². The lowest BCUT2D eigenvalue weighted by atomic mass is 10.1. The van der Waals surface area contributed by atoms with Gasteiger partial charge in [-0.1, -0.05) is 6.07 Å². The van der Waals surface area contributed by atoms with Gasteiger partial charge in [0.05, 0.1) is 5.69 Å². The molecular formula is C15H26N4. The first-order valence-corrected chi connectivity index (χ1v) is 7.24. The van der Waals surface area contributed by atoms with Crippen LogP contribution in [-0.4, -0.2) is 53.5 Å². The summed E-state index contributed by atoms with van der Waals surface area (Å²) in [5.41, 5.74) is 1.16. The van der Waals surface area contributed by atoms with Gasteiger partial charge in [0.25, 0.3) is 0 Å². The molecule has 0 radical (unpaired) electrons. The van der Waals surface area contributed by atoms with Crippen LogP contribution in [0.4, 0.5) is 5.82 Å². The third-order valence-electron chi connectivity index (χ3n) is 3.99. The molecule has 0 spiro atoms. The normalized spacial score (nSPS) is 25.5. The molecular weight excluding hydrogens is 236 g/mol. The minimum atomic E-state index is 0.612. The molecule has 4 nitrogen and oxygen atoms in total. The van der Waals surface area contributed by atoms with Crippen LogP contribution in [0.3, 0.4) is 0 Å². The zero-order chi connectivity index (χ0) is 13.8. The van der Waals surface area contributed by atoms with E-state index in [4.69, 9.17) is 0 Å². The van der Waals surface area contributed by atoms with Crippen LogP contribution in [0.1, 0.15) is 26.5 Å². The van der Waals surface area contributed by atoms with Gasteiger partial charge < -0.3 is 5.32 Å². The summed E-state index contributed by atoms with van der Waals surface area (Å²) in [6.45, 7) is 10.8. The van der Waals surface area contributed by atoms with Crippen LogP contribution in [0.25, 0.3) is 0 Å². The molecule has 1 aliphatic rings. The number of likely N-dealkylation sites (N-methyl/N-ethyl adjacent to an activating group) is 1. The lowest BCUT2D eigenvalue weighted by Crippen LogP contribution is -2.54. The minimum Gasteiger partial charge on any atom is -0.370 e. The highest BCUT2D eigenvalue weighted by atomic mass is 15.3. The van der Waals surface area contributed by atoms with Gasteiger partial charge in [0.1, 0.15) is 5.82 Å². The molecule has 0 aliphatic carbocycles. The van der Waals surface area contributed by atoms with Crippen molar-refractivity contribution in [2.45, 2.75) is 39.4 Å². The number of hydrogen-bond donors (Lipinski definition) is 1. The number of rotatable bonds is 4. The molecule has 106 valence electrons. The van der Waals surface area contributed by atoms with Crippen LogP contribution in [-0.2, 0) is 6.54 Å². The summed E-state index contributed by atoms with van der Waals surface area (Å²) in [6, 6.07) is 7.46. The van der Waals surface area contributed by atoms with Crippen LogP contribution in [0.15, 0.2) is 18.2 Å². The fourth-order valence-electron chi connectivity index (χ4n) is 2.72. The Kier molecular flexibility index (Phi) is 4.77. The first-order chi connectivity index (χ1) is 9.10. The highest BCUT2D eigenvalue weighted by Gasteiger charge is 2.26. The van der Waals surface area contributed by atoms with Gasteiger partial charge in [-0.3, -0.25) is 9.80 Å². The summed E-state index contributed by atoms with van der Waals surface area (Å²) in [7, 11) is 2.22. The molecule has 1 N–H and O–H groups in total. The molecule has 2 rings (SSSR count). The molecule has 2 heterocycles. The fraction of sp³-hybridized carbons (Fsp3) is 0.667. The highest BCUT2D eigenvalue weighted by Crippen LogP contribution is 2.16. The van der Waals surface area contributed by atoms with Gasteiger partial charge >= 0.3 is 0 Å². The quantitative estimate of drug-likeness (QED) is 0.900. The second-order valence-corrected chi connectivity index (χ2v) is 5.60. The zero-order valence-electron chi connectivity index (χ0n) is 12.6. The number of anilines is 1. The molecule has 0 bridgehead atoms. The van der Waals surface area contributed by atoms with Crippen molar-refractivity contribution >= 4 is 5.82 Å². The Morgan fingerprint density at radius 3 is 2.58 bits per heavy atom. The number of pyridine rings is 1. The maximum atomic E-state index is 4.66. The molecule has 2 atom stereocenters. The van der Waals surface area contributed by atoms with E-state index in [-0.39, 0.29) is 0 Å². The number of hydrogen-bond acceptors (Lipinski definition) is 4. The third kappa shape index (κ3) is 3.67. The second kappa shape index (κ2) is 6.35. The van der Waals surface area contributed by atoms with E-state index in [1.165, 1.54) is 0 Å². The summed E-state index contributed by atoms with van der Waals surface area (Å²) in [6.07, 6.45) is 0. The Bertz CT molecular complexity index is 395. The van der Waals surface area contributed by atoms with Gasteiger partial charge in [0.15, 0.2) is 0 Å². The van der Waals surface area contributed by atoms with Crippen molar-refractivity contribution in [3.8, 4) is 0 Å². The Hall–Kier alpha value is -1.13. The molecule has 1 aliphatic heterocycles. The molecule has 0 amide bonds. The lowest BCUT2D eigenvalue weighted by molar-refractivity contribution is 0.0549. The number of nitrogens with one attached hydrogen (secondary N) is 1. The lowest BCUT2D eigenvalue weighted by Gasteiger charge is -2.42. The topological polar surface area (TPSA) is 31.4 Å². The molecule has 0 saturated carbocycles. The van der Waals surface area contributed by atoms with E-state index in [0.717, 1.165) is 37.7 Å². The number of aromatic nitrogens is 1. The Morgan fingerprint density at radius 1 is 1.26 bits per heavy atom. The van der Waals surface area contributed by atoms with E-state index < -0.39 is 0 Å². The van der Waals surface area contributed by atoms with Crippen LogP contribution in [0, 0.1) is 0 Å². The molecule has 1 aromatic rings. The molecule has 4 heteroatoms. The first-order valence-electron chi connectivity index (χ1n) is 7.24. The van der Waals surface area contributed by atoms with E-state index >= 15 is 0 Å². The summed E-state index contributed by atoms with van der Waals surface area (Å²) < 4.78 is 0. The van der Waals surface area contributed by atoms with Crippen molar-refractivity contribution in [1.82, 2.24) is 14.8 Å². The van der Waals surface area contributed by atoms with Gasteiger partial charge in [-0.05, 0) is 40.0 Å². The van der Waals surface area contributed by atoms with Crippen LogP contribution >= 0.6 is 0 Å². The van der Waals surface area contributed by atoms with E-state index in [1.54, 1.807) is 0 Å². The Morgan fingerprint density at radius 2 is 1.95 bits per heavy atom. The molecule has 1 fully saturated rings. The van der Waals surface area contributed by atoms with Gasteiger partial charge in [-0.25, -0.2) is 4.98 Å². The minimum absolute atomic E-state index is 0.612. The van der Waals surface area contributed by atoms with Crippen molar-refractivity contribution in [1.29, 1.82) is 0 Å². The average molecular weight is 262 g/mol. The third-order valence-corrected chi connectivity index (χ3v) is 3.99. The summed E-state index contributed by atoms with van der Waals surface area (Å²) in [5.74, 6) is 0.982. The molecule has 19 heavy (non-hydrogen) atoms. The summed E-state index contributed by atoms with van der Waals surface area (Å²) >= 11 is 0. The van der Waals surface area contributed by atoms with Crippen LogP contribution in [0.2, 0.25) is 0 Å². The van der Waals surface area contributed by atoms with E-state index in [2.05, 4.69) is 60.1 Å². The number of piperazine rings is 1. The summed E-state index contributed by atoms with van der Waals surface area (Å²) in [5, 5.41) is 3.27. The van der Waals surface area contributed by atoms with Crippen molar-refractivity contribution in [2.75, 3.05) is 32.0 Å². The molecule has 0 aromatic carbocycles. The van der Waals surface area contributed by atoms with Gasteiger partial charge in [-0.2, -0.15) is 0 Å². The molecule has 1 aromatic heterocycles. The van der Waals surface area contributed by atoms with Crippen molar-refractivity contribution in [3.63, 3.8) is 0 Å². The smallest absolute Gasteiger partial charge is 0.126 e. The second-order valence-electron chi connectivity index (χ2n) is 5.60. The first kappa shape index (κ1) is 14.3. The molecule has 1 saturated heterocycles. The van der Waals surface area contributed by atoms with Crippen molar-refractivity contribution in [2.24, 2.45) is 0 Å². The maximum Gasteiger partial charge on any atom is 0.126 e. The van der Waals surface area contributed by atoms with E-state index in [9.17, 15) is 0 Å². The standard InChI is InChI=1S/C15H26N4/c1-5-16-15-8-6-7-14(17-15)11-19-9-12(2)18(4)13(3)10-19/h6-8,12-13H,5,9-11H2,1-4H3,(H,16,17). The molecule has 2 unspecified atom stereocenters. The van der Waals surface area contributed by atoms with Crippen LogP contribution in [0.5, 0.6) is 0 Å². The van der Waals surface area contributed by atoms with E-state index in [0.29, 0.717) is 12.1 Å². The fourth-order valence-corrected chi connectivity index (χ4v) is 2.72. The van der Waals surface area contributed by atoms with Gasteiger partial charge in [0, 0.05) is 38.3 Å². The predicted molar refractivity (Wildman–Crippen MR) is 80.4 cm³/mol. The Labute approximate surface area is 116 Å². The monoisotopic (exact) mass is 262 g/mol. The largest absolute Gasteiger partial charge is 0.370 e. The number of nitrogens with zero attached hydrogens (tertiary/aromatic N) is 3.